The zero-order valence-electron chi connectivity index (χ0n) is 8.98. The topological polar surface area (TPSA) is 77.2 Å². The Hall–Kier alpha value is -1.62. The number of nitrogens with zero attached hydrogens (tertiary/aromatic N) is 1. The first kappa shape index (κ1) is 10.9. The molecule has 5 heteroatoms. The van der Waals surface area contributed by atoms with E-state index in [4.69, 9.17) is 10.5 Å². The molecule has 5 nitrogen and oxygen atoms in total. The molecule has 0 aromatic carbocycles. The zero-order chi connectivity index (χ0) is 11.4. The first-order valence-electron chi connectivity index (χ1n) is 5.36. The fourth-order valence-corrected chi connectivity index (χ4v) is 1.70. The number of hydrogen-bond acceptors (Lipinski definition) is 4. The minimum atomic E-state index is -0.204. The minimum absolute atomic E-state index is 0.169. The van der Waals surface area contributed by atoms with Crippen molar-refractivity contribution in [3.05, 3.63) is 24.0 Å². The first-order chi connectivity index (χ1) is 7.77. The molecule has 3 N–H and O–H groups in total. The molecule has 0 radical (unpaired) electrons. The highest BCUT2D eigenvalue weighted by atomic mass is 16.5. The smallest absolute Gasteiger partial charge is 0.272 e. The number of hydrogen-bond donors (Lipinski definition) is 2. The van der Waals surface area contributed by atoms with Gasteiger partial charge in [0, 0.05) is 25.5 Å². The molecule has 1 aromatic heterocycles. The summed E-state index contributed by atoms with van der Waals surface area (Å²) >= 11 is 0. The number of anilines is 1. The van der Waals surface area contributed by atoms with Crippen LogP contribution in [-0.4, -0.2) is 30.1 Å². The fraction of sp³-hybridized carbons (Fsp3) is 0.455. The van der Waals surface area contributed by atoms with E-state index < -0.39 is 0 Å². The van der Waals surface area contributed by atoms with E-state index in [1.54, 1.807) is 18.3 Å². The average molecular weight is 221 g/mol. The maximum atomic E-state index is 11.8. The Morgan fingerprint density at radius 3 is 2.94 bits per heavy atom. The molecule has 0 aliphatic carbocycles. The van der Waals surface area contributed by atoms with E-state index in [-0.39, 0.29) is 11.9 Å². The quantitative estimate of drug-likeness (QED) is 0.765. The fourth-order valence-electron chi connectivity index (χ4n) is 1.70. The zero-order valence-corrected chi connectivity index (χ0v) is 8.98. The van der Waals surface area contributed by atoms with E-state index in [0.717, 1.165) is 12.8 Å². The molecule has 1 aliphatic heterocycles. The number of carbonyl (C=O) groups is 1. The Balaban J connectivity index is 2.00. The number of pyridine rings is 1. The molecule has 0 bridgehead atoms. The third-order valence-electron chi connectivity index (χ3n) is 2.61. The van der Waals surface area contributed by atoms with Crippen molar-refractivity contribution in [2.75, 3.05) is 18.9 Å². The predicted molar refractivity (Wildman–Crippen MR) is 60.0 cm³/mol. The van der Waals surface area contributed by atoms with Gasteiger partial charge in [0.05, 0.1) is 5.69 Å². The van der Waals surface area contributed by atoms with Gasteiger partial charge in [0.2, 0.25) is 0 Å². The van der Waals surface area contributed by atoms with Gasteiger partial charge >= 0.3 is 0 Å². The Bertz CT molecular complexity index is 375. The lowest BCUT2D eigenvalue weighted by Gasteiger charge is -2.23. The largest absolute Gasteiger partial charge is 0.397 e. The van der Waals surface area contributed by atoms with Crippen LogP contribution in [0.1, 0.15) is 23.3 Å². The van der Waals surface area contributed by atoms with Crippen molar-refractivity contribution in [3.8, 4) is 0 Å². The normalized spacial score (nSPS) is 17.0. The van der Waals surface area contributed by atoms with Crippen molar-refractivity contribution in [2.45, 2.75) is 18.9 Å². The number of aromatic nitrogens is 1. The highest BCUT2D eigenvalue weighted by molar-refractivity contribution is 5.97. The summed E-state index contributed by atoms with van der Waals surface area (Å²) in [5.41, 5.74) is 6.39. The summed E-state index contributed by atoms with van der Waals surface area (Å²) in [6.07, 6.45) is 3.26. The SMILES string of the molecule is Nc1cccnc1C(=O)NC1CCOCC1. The molecule has 1 saturated heterocycles. The van der Waals surface area contributed by atoms with Crippen molar-refractivity contribution in [2.24, 2.45) is 0 Å². The standard InChI is InChI=1S/C11H15N3O2/c12-9-2-1-5-13-10(9)11(15)14-8-3-6-16-7-4-8/h1-2,5,8H,3-4,6-7,12H2,(H,14,15). The Morgan fingerprint density at radius 1 is 1.50 bits per heavy atom. The number of ether oxygens (including phenoxy) is 1. The van der Waals surface area contributed by atoms with E-state index in [1.807, 2.05) is 0 Å². The van der Waals surface area contributed by atoms with Gasteiger partial charge in [-0.3, -0.25) is 4.79 Å². The maximum absolute atomic E-state index is 11.8. The van der Waals surface area contributed by atoms with E-state index in [0.29, 0.717) is 24.6 Å². The number of rotatable bonds is 2. The molecule has 1 amide bonds. The van der Waals surface area contributed by atoms with Crippen molar-refractivity contribution < 1.29 is 9.53 Å². The lowest BCUT2D eigenvalue weighted by Crippen LogP contribution is -2.39. The molecule has 0 unspecified atom stereocenters. The Labute approximate surface area is 94.0 Å². The second-order valence-electron chi connectivity index (χ2n) is 3.80. The number of nitrogens with two attached hydrogens (primary N) is 1. The lowest BCUT2D eigenvalue weighted by molar-refractivity contribution is 0.0694. The molecule has 86 valence electrons. The molecular weight excluding hydrogens is 206 g/mol. The van der Waals surface area contributed by atoms with E-state index in [1.165, 1.54) is 0 Å². The van der Waals surface area contributed by atoms with Crippen LogP contribution >= 0.6 is 0 Å². The molecule has 1 fully saturated rings. The monoisotopic (exact) mass is 221 g/mol. The molecule has 1 aromatic rings. The van der Waals surface area contributed by atoms with Gasteiger partial charge in [0.25, 0.3) is 5.91 Å². The van der Waals surface area contributed by atoms with Crippen LogP contribution in [0, 0.1) is 0 Å². The van der Waals surface area contributed by atoms with Gasteiger partial charge in [-0.25, -0.2) is 4.98 Å². The third-order valence-corrected chi connectivity index (χ3v) is 2.61. The van der Waals surface area contributed by atoms with Gasteiger partial charge in [-0.15, -0.1) is 0 Å². The average Bonchev–Trinajstić information content (AvgIpc) is 2.31. The molecule has 0 saturated carbocycles. The highest BCUT2D eigenvalue weighted by Crippen LogP contribution is 2.10. The van der Waals surface area contributed by atoms with Crippen LogP contribution in [-0.2, 0) is 4.74 Å². The molecule has 16 heavy (non-hydrogen) atoms. The van der Waals surface area contributed by atoms with E-state index in [2.05, 4.69) is 10.3 Å². The molecule has 1 aliphatic rings. The van der Waals surface area contributed by atoms with Crippen LogP contribution in [0.15, 0.2) is 18.3 Å². The summed E-state index contributed by atoms with van der Waals surface area (Å²) in [6.45, 7) is 1.39. The Kier molecular flexibility index (Phi) is 3.36. The minimum Gasteiger partial charge on any atom is -0.397 e. The number of carbonyl (C=O) groups excluding carboxylic acids is 1. The summed E-state index contributed by atoms with van der Waals surface area (Å²) in [6, 6.07) is 3.55. The van der Waals surface area contributed by atoms with Crippen LogP contribution in [0.3, 0.4) is 0 Å². The summed E-state index contributed by atoms with van der Waals surface area (Å²) in [5.74, 6) is -0.204. The van der Waals surface area contributed by atoms with Gasteiger partial charge < -0.3 is 15.8 Å². The first-order valence-corrected chi connectivity index (χ1v) is 5.36. The molecule has 2 rings (SSSR count). The summed E-state index contributed by atoms with van der Waals surface area (Å²) < 4.78 is 5.22. The summed E-state index contributed by atoms with van der Waals surface area (Å²) in [4.78, 5) is 15.8. The number of nitrogens with one attached hydrogen (secondary N) is 1. The van der Waals surface area contributed by atoms with E-state index >= 15 is 0 Å². The molecule has 0 atom stereocenters. The van der Waals surface area contributed by atoms with Crippen molar-refractivity contribution in [1.82, 2.24) is 10.3 Å². The molecular formula is C11H15N3O2. The predicted octanol–water partition coefficient (Wildman–Crippen LogP) is 0.573. The van der Waals surface area contributed by atoms with Crippen LogP contribution in [0.5, 0.6) is 0 Å². The van der Waals surface area contributed by atoms with Crippen LogP contribution in [0.4, 0.5) is 5.69 Å². The van der Waals surface area contributed by atoms with Gasteiger partial charge in [-0.1, -0.05) is 0 Å². The van der Waals surface area contributed by atoms with Crippen molar-refractivity contribution in [3.63, 3.8) is 0 Å². The van der Waals surface area contributed by atoms with Gasteiger partial charge in [-0.2, -0.15) is 0 Å². The summed E-state index contributed by atoms with van der Waals surface area (Å²) in [7, 11) is 0. The second-order valence-corrected chi connectivity index (χ2v) is 3.80. The van der Waals surface area contributed by atoms with Crippen molar-refractivity contribution >= 4 is 11.6 Å². The lowest BCUT2D eigenvalue weighted by atomic mass is 10.1. The number of nitrogen functional groups attached to an aromatic ring is 1. The van der Waals surface area contributed by atoms with Crippen LogP contribution in [0.25, 0.3) is 0 Å². The summed E-state index contributed by atoms with van der Waals surface area (Å²) in [5, 5.41) is 2.91. The van der Waals surface area contributed by atoms with Gasteiger partial charge in [0.1, 0.15) is 0 Å². The van der Waals surface area contributed by atoms with Crippen LogP contribution in [0.2, 0.25) is 0 Å². The Morgan fingerprint density at radius 2 is 2.25 bits per heavy atom. The van der Waals surface area contributed by atoms with Crippen molar-refractivity contribution in [1.29, 1.82) is 0 Å². The highest BCUT2D eigenvalue weighted by Gasteiger charge is 2.18. The maximum Gasteiger partial charge on any atom is 0.272 e. The van der Waals surface area contributed by atoms with E-state index in [9.17, 15) is 4.79 Å². The van der Waals surface area contributed by atoms with Gasteiger partial charge in [0.15, 0.2) is 5.69 Å². The third kappa shape index (κ3) is 2.49. The molecule has 2 heterocycles. The van der Waals surface area contributed by atoms with Crippen LogP contribution < -0.4 is 11.1 Å². The molecule has 0 spiro atoms. The second kappa shape index (κ2) is 4.94. The number of amides is 1. The van der Waals surface area contributed by atoms with Gasteiger partial charge in [-0.05, 0) is 25.0 Å².